The van der Waals surface area contributed by atoms with E-state index in [1.807, 2.05) is 31.2 Å². The van der Waals surface area contributed by atoms with Crippen molar-refractivity contribution < 1.29 is 28.6 Å². The fraction of sp³-hybridized carbons (Fsp3) is 0.280. The maximum atomic E-state index is 12.8. The Bertz CT molecular complexity index is 1240. The van der Waals surface area contributed by atoms with E-state index >= 15 is 0 Å². The minimum absolute atomic E-state index is 0.119. The molecular formula is C25H25N3O6S. The van der Waals surface area contributed by atoms with Crippen molar-refractivity contribution in [3.63, 3.8) is 0 Å². The highest BCUT2D eigenvalue weighted by atomic mass is 32.1. The van der Waals surface area contributed by atoms with E-state index in [4.69, 9.17) is 14.2 Å². The fourth-order valence-corrected chi connectivity index (χ4v) is 4.24. The molecular weight excluding hydrogens is 470 g/mol. The highest BCUT2D eigenvalue weighted by molar-refractivity contribution is 7.09. The van der Waals surface area contributed by atoms with Gasteiger partial charge in [-0.15, -0.1) is 11.3 Å². The Morgan fingerprint density at radius 1 is 1.23 bits per heavy atom. The van der Waals surface area contributed by atoms with Crippen LogP contribution in [0.15, 0.2) is 47.8 Å². The van der Waals surface area contributed by atoms with Crippen molar-refractivity contribution in [3.8, 4) is 11.5 Å². The lowest BCUT2D eigenvalue weighted by molar-refractivity contribution is -0.121. The first-order valence-electron chi connectivity index (χ1n) is 11.0. The summed E-state index contributed by atoms with van der Waals surface area (Å²) in [4.78, 5) is 43.6. The van der Waals surface area contributed by atoms with E-state index in [1.165, 1.54) is 16.2 Å². The number of hydrogen-bond donors (Lipinski definition) is 1. The number of aryl methyl sites for hydroxylation is 1. The topological polar surface area (TPSA) is 107 Å². The number of aromatic nitrogens is 1. The van der Waals surface area contributed by atoms with E-state index in [-0.39, 0.29) is 43.1 Å². The molecule has 35 heavy (non-hydrogen) atoms. The summed E-state index contributed by atoms with van der Waals surface area (Å²) in [5.41, 5.74) is 2.09. The molecule has 0 atom stereocenters. The van der Waals surface area contributed by atoms with Gasteiger partial charge in [0.2, 0.25) is 0 Å². The third-order valence-electron chi connectivity index (χ3n) is 5.35. The molecule has 1 aromatic heterocycles. The maximum absolute atomic E-state index is 12.8. The smallest absolute Gasteiger partial charge is 0.270 e. The van der Waals surface area contributed by atoms with E-state index in [9.17, 15) is 14.4 Å². The first-order valence-corrected chi connectivity index (χ1v) is 11.8. The summed E-state index contributed by atoms with van der Waals surface area (Å²) >= 11 is 1.28. The van der Waals surface area contributed by atoms with Crippen molar-refractivity contribution >= 4 is 34.6 Å². The van der Waals surface area contributed by atoms with Crippen LogP contribution in [0.2, 0.25) is 0 Å². The van der Waals surface area contributed by atoms with Crippen LogP contribution < -0.4 is 19.7 Å². The Morgan fingerprint density at radius 2 is 2.06 bits per heavy atom. The van der Waals surface area contributed by atoms with Crippen LogP contribution in [0, 0.1) is 6.92 Å². The number of nitrogens with zero attached hydrogens (tertiary/aromatic N) is 2. The van der Waals surface area contributed by atoms with E-state index in [0.29, 0.717) is 40.9 Å². The van der Waals surface area contributed by atoms with Crippen molar-refractivity contribution in [2.24, 2.45) is 0 Å². The number of anilines is 1. The average Bonchev–Trinajstić information content (AvgIpc) is 3.34. The van der Waals surface area contributed by atoms with Crippen LogP contribution in [0.3, 0.4) is 0 Å². The second-order valence-corrected chi connectivity index (χ2v) is 8.75. The van der Waals surface area contributed by atoms with Crippen LogP contribution in [-0.2, 0) is 16.1 Å². The predicted molar refractivity (Wildman–Crippen MR) is 130 cm³/mol. The molecule has 1 aliphatic rings. The van der Waals surface area contributed by atoms with Crippen LogP contribution in [0.4, 0.5) is 5.69 Å². The highest BCUT2D eigenvalue weighted by Crippen LogP contribution is 2.34. The molecule has 4 rings (SSSR count). The van der Waals surface area contributed by atoms with Gasteiger partial charge in [0.15, 0.2) is 19.0 Å². The van der Waals surface area contributed by atoms with Crippen LogP contribution >= 0.6 is 11.3 Å². The van der Waals surface area contributed by atoms with Crippen molar-refractivity contribution in [1.29, 1.82) is 0 Å². The molecule has 0 radical (unpaired) electrons. The maximum Gasteiger partial charge on any atom is 0.270 e. The zero-order chi connectivity index (χ0) is 24.8. The van der Waals surface area contributed by atoms with Crippen LogP contribution in [-0.4, -0.2) is 56.1 Å². The summed E-state index contributed by atoms with van der Waals surface area (Å²) in [5.74, 6) is 0.345. The van der Waals surface area contributed by atoms with Crippen LogP contribution in [0.5, 0.6) is 11.5 Å². The number of methoxy groups -OCH3 is 1. The Morgan fingerprint density at radius 3 is 2.86 bits per heavy atom. The predicted octanol–water partition coefficient (Wildman–Crippen LogP) is 3.02. The molecule has 0 aliphatic carbocycles. The summed E-state index contributed by atoms with van der Waals surface area (Å²) in [6, 6.07) is 12.4. The zero-order valence-electron chi connectivity index (χ0n) is 19.4. The molecule has 2 amide bonds. The number of carbonyl (C=O) groups is 3. The van der Waals surface area contributed by atoms with Gasteiger partial charge in [-0.05, 0) is 36.8 Å². The summed E-state index contributed by atoms with van der Waals surface area (Å²) < 4.78 is 16.2. The molecule has 0 unspecified atom stereocenters. The molecule has 0 saturated heterocycles. The summed E-state index contributed by atoms with van der Waals surface area (Å²) in [6.45, 7) is 2.59. The SMILES string of the molecule is COCCNC(=O)c1csc(CN2C(=O)COc3ccc(C(=O)COc4ccccc4C)cc32)n1. The van der Waals surface area contributed by atoms with Gasteiger partial charge in [0.25, 0.3) is 11.8 Å². The Kier molecular flexibility index (Phi) is 7.74. The second kappa shape index (κ2) is 11.1. The van der Waals surface area contributed by atoms with Gasteiger partial charge in [0.05, 0.1) is 18.8 Å². The first-order chi connectivity index (χ1) is 17.0. The molecule has 1 aliphatic heterocycles. The number of para-hydroxylation sites is 1. The number of benzene rings is 2. The third kappa shape index (κ3) is 5.84. The lowest BCUT2D eigenvalue weighted by atomic mass is 10.1. The quantitative estimate of drug-likeness (QED) is 0.340. The number of fused-ring (bicyclic) bond motifs is 1. The third-order valence-corrected chi connectivity index (χ3v) is 6.18. The number of amides is 2. The molecule has 3 aromatic rings. The number of hydrogen-bond acceptors (Lipinski definition) is 8. The van der Waals surface area contributed by atoms with Gasteiger partial charge < -0.3 is 19.5 Å². The van der Waals surface area contributed by atoms with Gasteiger partial charge in [-0.3, -0.25) is 19.3 Å². The minimum atomic E-state index is -0.306. The lowest BCUT2D eigenvalue weighted by Crippen LogP contribution is -2.38. The Labute approximate surface area is 206 Å². The van der Waals surface area contributed by atoms with Crippen molar-refractivity contribution in [1.82, 2.24) is 10.3 Å². The minimum Gasteiger partial charge on any atom is -0.485 e. The van der Waals surface area contributed by atoms with Gasteiger partial charge in [-0.25, -0.2) is 4.98 Å². The van der Waals surface area contributed by atoms with Gasteiger partial charge >= 0.3 is 0 Å². The van der Waals surface area contributed by atoms with Gasteiger partial charge in [0, 0.05) is 24.6 Å². The number of rotatable bonds is 10. The Hall–Kier alpha value is -3.76. The second-order valence-electron chi connectivity index (χ2n) is 7.80. The largest absolute Gasteiger partial charge is 0.485 e. The van der Waals surface area contributed by atoms with Gasteiger partial charge in [-0.2, -0.15) is 0 Å². The molecule has 2 aromatic carbocycles. The number of thiazole rings is 1. The molecule has 1 N–H and O–H groups in total. The summed E-state index contributed by atoms with van der Waals surface area (Å²) in [6.07, 6.45) is 0. The number of Topliss-reactive ketones (excluding diaryl/α,β-unsaturated/α-hetero) is 1. The van der Waals surface area contributed by atoms with Gasteiger partial charge in [0.1, 0.15) is 22.2 Å². The first kappa shape index (κ1) is 24.4. The van der Waals surface area contributed by atoms with E-state index in [1.54, 1.807) is 30.7 Å². The highest BCUT2D eigenvalue weighted by Gasteiger charge is 2.28. The summed E-state index contributed by atoms with van der Waals surface area (Å²) in [7, 11) is 1.56. The standard InChI is InChI=1S/C25H25N3O6S/c1-16-5-3-4-6-21(16)33-13-20(29)17-7-8-22-19(11-17)28(24(30)14-34-22)12-23-27-18(15-35-23)25(31)26-9-10-32-2/h3-8,11,15H,9-10,12-14H2,1-2H3,(H,26,31). The Balaban J connectivity index is 1.48. The van der Waals surface area contributed by atoms with Crippen molar-refractivity contribution in [3.05, 3.63) is 69.7 Å². The lowest BCUT2D eigenvalue weighted by Gasteiger charge is -2.29. The van der Waals surface area contributed by atoms with E-state index in [0.717, 1.165) is 5.56 Å². The fourth-order valence-electron chi connectivity index (χ4n) is 3.47. The van der Waals surface area contributed by atoms with Crippen LogP contribution in [0.1, 0.15) is 31.4 Å². The molecule has 9 nitrogen and oxygen atoms in total. The number of carbonyl (C=O) groups excluding carboxylic acids is 3. The van der Waals surface area contributed by atoms with Crippen molar-refractivity contribution in [2.75, 3.05) is 38.4 Å². The van der Waals surface area contributed by atoms with E-state index in [2.05, 4.69) is 10.3 Å². The van der Waals surface area contributed by atoms with Gasteiger partial charge in [-0.1, -0.05) is 18.2 Å². The molecule has 182 valence electrons. The molecule has 0 saturated carbocycles. The number of nitrogens with one attached hydrogen (secondary N) is 1. The molecule has 0 bridgehead atoms. The zero-order valence-corrected chi connectivity index (χ0v) is 20.2. The summed E-state index contributed by atoms with van der Waals surface area (Å²) in [5, 5.41) is 4.95. The molecule has 2 heterocycles. The normalized spacial score (nSPS) is 12.6. The van der Waals surface area contributed by atoms with E-state index < -0.39 is 0 Å². The van der Waals surface area contributed by atoms with Crippen LogP contribution in [0.25, 0.3) is 0 Å². The molecule has 10 heteroatoms. The monoisotopic (exact) mass is 495 g/mol. The number of ether oxygens (including phenoxy) is 3. The number of ketones is 1. The molecule has 0 spiro atoms. The van der Waals surface area contributed by atoms with Crippen molar-refractivity contribution in [2.45, 2.75) is 13.5 Å². The molecule has 0 fully saturated rings. The average molecular weight is 496 g/mol.